The number of nitrogens with one attached hydrogen (secondary N) is 1. The topological polar surface area (TPSA) is 86.8 Å². The van der Waals surface area contributed by atoms with Crippen LogP contribution in [0.4, 0.5) is 5.69 Å². The summed E-state index contributed by atoms with van der Waals surface area (Å²) in [7, 11) is -4.30. The maximum absolute atomic E-state index is 14.3. The number of anilines is 1. The number of carbonyl (C=O) groups is 2. The van der Waals surface area contributed by atoms with Crippen LogP contribution in [0, 0.1) is 6.92 Å². The van der Waals surface area contributed by atoms with Gasteiger partial charge in [0, 0.05) is 12.6 Å². The van der Waals surface area contributed by atoms with Crippen molar-refractivity contribution in [3.05, 3.63) is 91.9 Å². The van der Waals surface area contributed by atoms with Gasteiger partial charge < -0.3 is 10.2 Å². The number of benzene rings is 3. The normalized spacial score (nSPS) is 14.6. The van der Waals surface area contributed by atoms with E-state index in [1.807, 2.05) is 13.8 Å². The lowest BCUT2D eigenvalue weighted by Gasteiger charge is -2.34. The molecule has 1 saturated carbocycles. The van der Waals surface area contributed by atoms with Gasteiger partial charge in [0.15, 0.2) is 0 Å². The van der Waals surface area contributed by atoms with Gasteiger partial charge in [0.05, 0.1) is 30.7 Å². The zero-order chi connectivity index (χ0) is 32.0. The van der Waals surface area contributed by atoms with E-state index in [0.29, 0.717) is 22.0 Å². The number of amides is 2. The second-order valence-electron chi connectivity index (χ2n) is 10.9. The summed E-state index contributed by atoms with van der Waals surface area (Å²) in [5.74, 6) is -0.894. The van der Waals surface area contributed by atoms with Crippen molar-refractivity contribution in [1.29, 1.82) is 0 Å². The molecule has 1 aliphatic rings. The van der Waals surface area contributed by atoms with Crippen molar-refractivity contribution in [3.8, 4) is 0 Å². The van der Waals surface area contributed by atoms with Gasteiger partial charge >= 0.3 is 0 Å². The van der Waals surface area contributed by atoms with Crippen LogP contribution in [0.15, 0.2) is 65.6 Å². The van der Waals surface area contributed by atoms with Gasteiger partial charge in [-0.15, -0.1) is 0 Å². The Morgan fingerprint density at radius 3 is 2.23 bits per heavy atom. The first kappa shape index (κ1) is 34.4. The van der Waals surface area contributed by atoms with Gasteiger partial charge in [0.25, 0.3) is 10.0 Å². The number of hydrogen-bond donors (Lipinski definition) is 1. The van der Waals surface area contributed by atoms with Gasteiger partial charge in [-0.1, -0.05) is 102 Å². The van der Waals surface area contributed by atoms with Crippen molar-refractivity contribution in [1.82, 2.24) is 10.2 Å². The Kier molecular flexibility index (Phi) is 11.9. The zero-order valence-electron chi connectivity index (χ0n) is 24.5. The fraction of sp³-hybridized carbons (Fsp3) is 0.375. The Bertz CT molecular complexity index is 1600. The highest BCUT2D eigenvalue weighted by Gasteiger charge is 2.35. The van der Waals surface area contributed by atoms with E-state index in [1.54, 1.807) is 36.4 Å². The second kappa shape index (κ2) is 15.2. The summed E-state index contributed by atoms with van der Waals surface area (Å²) in [5, 5.41) is 3.88. The molecule has 12 heteroatoms. The summed E-state index contributed by atoms with van der Waals surface area (Å²) in [6.07, 6.45) is 5.23. The molecule has 3 aromatic rings. The van der Waals surface area contributed by atoms with Crippen LogP contribution >= 0.6 is 46.4 Å². The van der Waals surface area contributed by atoms with E-state index in [2.05, 4.69) is 5.32 Å². The summed E-state index contributed by atoms with van der Waals surface area (Å²) in [6.45, 7) is 3.02. The summed E-state index contributed by atoms with van der Waals surface area (Å²) < 4.78 is 29.1. The summed E-state index contributed by atoms with van der Waals surface area (Å²) in [5.41, 5.74) is 1.54. The molecule has 0 unspecified atom stereocenters. The fourth-order valence-corrected chi connectivity index (χ4v) is 7.53. The van der Waals surface area contributed by atoms with E-state index in [0.717, 1.165) is 42.0 Å². The first-order valence-corrected chi connectivity index (χ1v) is 17.4. The van der Waals surface area contributed by atoms with Crippen molar-refractivity contribution in [2.75, 3.05) is 10.8 Å². The van der Waals surface area contributed by atoms with E-state index in [1.165, 1.54) is 29.2 Å². The SMILES string of the molecule is CC[C@H](C(=O)NC1CCCCC1)N(Cc1ccc(Cl)c(Cl)c1)C(=O)CN(c1cccc(Cl)c1Cl)S(=O)(=O)c1ccc(C)cc1. The standard InChI is InChI=1S/C32H35Cl4N3O4S/c1-3-28(32(41)37-23-8-5-4-6-9-23)38(19-22-14-17-25(33)27(35)18-22)30(40)20-39(29-11-7-10-26(34)31(29)36)44(42,43)24-15-12-21(2)13-16-24/h7,10-18,23,28H,3-6,8-9,19-20H2,1-2H3,(H,37,41)/t28-/m1/s1. The van der Waals surface area contributed by atoms with Crippen LogP contribution in [0.25, 0.3) is 0 Å². The zero-order valence-corrected chi connectivity index (χ0v) is 28.4. The van der Waals surface area contributed by atoms with Crippen molar-refractivity contribution in [3.63, 3.8) is 0 Å². The Morgan fingerprint density at radius 1 is 0.909 bits per heavy atom. The summed E-state index contributed by atoms with van der Waals surface area (Å²) in [4.78, 5) is 29.4. The molecule has 0 heterocycles. The molecule has 0 radical (unpaired) electrons. The number of carbonyl (C=O) groups excluding carboxylic acids is 2. The Morgan fingerprint density at radius 2 is 1.59 bits per heavy atom. The van der Waals surface area contributed by atoms with Gasteiger partial charge in [0.1, 0.15) is 12.6 Å². The highest BCUT2D eigenvalue weighted by molar-refractivity contribution is 7.92. The van der Waals surface area contributed by atoms with E-state index >= 15 is 0 Å². The van der Waals surface area contributed by atoms with E-state index in [-0.39, 0.29) is 39.1 Å². The molecule has 0 saturated heterocycles. The van der Waals surface area contributed by atoms with E-state index in [4.69, 9.17) is 46.4 Å². The van der Waals surface area contributed by atoms with Crippen LogP contribution in [-0.2, 0) is 26.2 Å². The fourth-order valence-electron chi connectivity index (χ4n) is 5.33. The second-order valence-corrected chi connectivity index (χ2v) is 14.4. The largest absolute Gasteiger partial charge is 0.352 e. The third-order valence-electron chi connectivity index (χ3n) is 7.76. The molecule has 0 bridgehead atoms. The summed E-state index contributed by atoms with van der Waals surface area (Å²) in [6, 6.07) is 15.0. The molecule has 1 fully saturated rings. The van der Waals surface area contributed by atoms with Gasteiger partial charge in [0.2, 0.25) is 11.8 Å². The van der Waals surface area contributed by atoms with Crippen molar-refractivity contribution < 1.29 is 18.0 Å². The lowest BCUT2D eigenvalue weighted by Crippen LogP contribution is -2.54. The molecule has 44 heavy (non-hydrogen) atoms. The van der Waals surface area contributed by atoms with E-state index in [9.17, 15) is 18.0 Å². The molecule has 2 amide bonds. The van der Waals surface area contributed by atoms with Gasteiger partial charge in [-0.2, -0.15) is 0 Å². The molecule has 4 rings (SSSR count). The van der Waals surface area contributed by atoms with Gasteiger partial charge in [-0.25, -0.2) is 8.42 Å². The van der Waals surface area contributed by atoms with Crippen molar-refractivity contribution in [2.45, 2.75) is 75.9 Å². The van der Waals surface area contributed by atoms with E-state index < -0.39 is 28.5 Å². The average molecular weight is 700 g/mol. The van der Waals surface area contributed by atoms with Crippen LogP contribution in [0.3, 0.4) is 0 Å². The molecule has 1 N–H and O–H groups in total. The van der Waals surface area contributed by atoms with Crippen molar-refractivity contribution in [2.24, 2.45) is 0 Å². The first-order valence-electron chi connectivity index (χ1n) is 14.5. The number of nitrogens with zero attached hydrogens (tertiary/aromatic N) is 2. The Labute approximate surface area is 279 Å². The number of rotatable bonds is 11. The maximum Gasteiger partial charge on any atom is 0.264 e. The molecule has 3 aromatic carbocycles. The number of halogens is 4. The molecule has 0 aliphatic heterocycles. The summed E-state index contributed by atoms with van der Waals surface area (Å²) >= 11 is 25.2. The quantitative estimate of drug-likeness (QED) is 0.220. The third kappa shape index (κ3) is 8.20. The lowest BCUT2D eigenvalue weighted by atomic mass is 9.95. The number of sulfonamides is 1. The van der Waals surface area contributed by atoms with Crippen LogP contribution in [0.2, 0.25) is 20.1 Å². The van der Waals surface area contributed by atoms with Gasteiger partial charge in [-0.3, -0.25) is 13.9 Å². The Balaban J connectivity index is 1.75. The Hall–Kier alpha value is -2.49. The molecule has 1 aliphatic carbocycles. The molecule has 0 spiro atoms. The number of aryl methyl sites for hydroxylation is 1. The minimum Gasteiger partial charge on any atom is -0.352 e. The predicted molar refractivity (Wildman–Crippen MR) is 178 cm³/mol. The smallest absolute Gasteiger partial charge is 0.264 e. The lowest BCUT2D eigenvalue weighted by molar-refractivity contribution is -0.140. The molecule has 7 nitrogen and oxygen atoms in total. The monoisotopic (exact) mass is 697 g/mol. The highest BCUT2D eigenvalue weighted by Crippen LogP contribution is 2.36. The predicted octanol–water partition coefficient (Wildman–Crippen LogP) is 8.06. The van der Waals surface area contributed by atoms with Crippen LogP contribution in [0.1, 0.15) is 56.6 Å². The van der Waals surface area contributed by atoms with Crippen LogP contribution in [-0.4, -0.2) is 43.8 Å². The molecule has 236 valence electrons. The molecular weight excluding hydrogens is 664 g/mol. The van der Waals surface area contributed by atoms with Crippen LogP contribution < -0.4 is 9.62 Å². The molecule has 0 aromatic heterocycles. The minimum absolute atomic E-state index is 0.00594. The molecular formula is C32H35Cl4N3O4S. The third-order valence-corrected chi connectivity index (χ3v) is 11.1. The average Bonchev–Trinajstić information content (AvgIpc) is 2.99. The maximum atomic E-state index is 14.3. The van der Waals surface area contributed by atoms with Crippen molar-refractivity contribution >= 4 is 73.9 Å². The first-order chi connectivity index (χ1) is 20.9. The molecule has 1 atom stereocenters. The number of hydrogen-bond acceptors (Lipinski definition) is 4. The van der Waals surface area contributed by atoms with Gasteiger partial charge in [-0.05, 0) is 68.1 Å². The van der Waals surface area contributed by atoms with Crippen LogP contribution in [0.5, 0.6) is 0 Å². The highest BCUT2D eigenvalue weighted by atomic mass is 35.5. The minimum atomic E-state index is -4.30.